The third-order valence-corrected chi connectivity index (χ3v) is 6.50. The first-order chi connectivity index (χ1) is 16.2. The lowest BCUT2D eigenvalue weighted by molar-refractivity contribution is 0.0447. The largest absolute Gasteiger partial charge is 0.489 e. The van der Waals surface area contributed by atoms with Crippen molar-refractivity contribution in [1.82, 2.24) is 39.1 Å². The maximum Gasteiger partial charge on any atom is 0.272 e. The average molecular weight is 465 g/mol. The minimum absolute atomic E-state index is 0.0570. The zero-order chi connectivity index (χ0) is 24.0. The Morgan fingerprint density at radius 3 is 2.53 bits per heavy atom. The van der Waals surface area contributed by atoms with Crippen LogP contribution < -0.4 is 4.74 Å². The molecule has 1 amide bonds. The van der Waals surface area contributed by atoms with Crippen LogP contribution in [0, 0.1) is 0 Å². The van der Waals surface area contributed by atoms with Crippen molar-refractivity contribution >= 4 is 5.91 Å². The molecule has 3 aromatic heterocycles. The molecule has 0 radical (unpaired) electrons. The van der Waals surface area contributed by atoms with Gasteiger partial charge in [-0.25, -0.2) is 19.6 Å². The molecule has 0 unspecified atom stereocenters. The second kappa shape index (κ2) is 8.50. The molecule has 2 aliphatic rings. The number of aromatic nitrogens is 6. The van der Waals surface area contributed by atoms with Crippen molar-refractivity contribution in [2.45, 2.75) is 52.7 Å². The van der Waals surface area contributed by atoms with Crippen LogP contribution in [0.5, 0.6) is 5.75 Å². The predicted octanol–water partition coefficient (Wildman–Crippen LogP) is 2.73. The van der Waals surface area contributed by atoms with Crippen LogP contribution in [0.2, 0.25) is 0 Å². The molecule has 0 bridgehead atoms. The molecule has 0 atom stereocenters. The fraction of sp³-hybridized carbons (Fsp3) is 0.542. The average Bonchev–Trinajstić information content (AvgIpc) is 3.42. The van der Waals surface area contributed by atoms with Crippen LogP contribution in [0.25, 0.3) is 22.9 Å². The van der Waals surface area contributed by atoms with Crippen molar-refractivity contribution in [1.29, 1.82) is 0 Å². The molecule has 0 N–H and O–H groups in total. The smallest absolute Gasteiger partial charge is 0.272 e. The maximum absolute atomic E-state index is 13.3. The molecule has 5 rings (SSSR count). The fourth-order valence-electron chi connectivity index (χ4n) is 4.57. The van der Waals surface area contributed by atoms with E-state index in [2.05, 4.69) is 59.2 Å². The summed E-state index contributed by atoms with van der Waals surface area (Å²) in [5.41, 5.74) is 2.03. The highest BCUT2D eigenvalue weighted by molar-refractivity contribution is 5.94. The van der Waals surface area contributed by atoms with E-state index in [1.807, 2.05) is 21.8 Å². The molecule has 5 heterocycles. The van der Waals surface area contributed by atoms with Crippen LogP contribution in [0.15, 0.2) is 24.8 Å². The van der Waals surface area contributed by atoms with Gasteiger partial charge in [0.05, 0.1) is 18.3 Å². The van der Waals surface area contributed by atoms with E-state index in [1.54, 1.807) is 12.5 Å². The zero-order valence-corrected chi connectivity index (χ0v) is 20.5. The molecular weight excluding hydrogens is 432 g/mol. The summed E-state index contributed by atoms with van der Waals surface area (Å²) in [5, 5.41) is 4.34. The Balaban J connectivity index is 1.45. The SMILES string of the molecule is CC(C)n1ncnc1-c1cn2c(n1)-c1cc(C(=O)N3CCN(C(C)(C)C)CC3)ncc1OCC2. The van der Waals surface area contributed by atoms with E-state index in [0.29, 0.717) is 37.7 Å². The molecule has 1 fully saturated rings. The van der Waals surface area contributed by atoms with Gasteiger partial charge in [0.25, 0.3) is 5.91 Å². The van der Waals surface area contributed by atoms with E-state index < -0.39 is 0 Å². The number of imidazole rings is 1. The van der Waals surface area contributed by atoms with Crippen LogP contribution in [0.3, 0.4) is 0 Å². The second-order valence-corrected chi connectivity index (χ2v) is 10.1. The molecule has 3 aromatic rings. The number of nitrogens with zero attached hydrogens (tertiary/aromatic N) is 8. The van der Waals surface area contributed by atoms with Crippen LogP contribution in [-0.4, -0.2) is 83.3 Å². The van der Waals surface area contributed by atoms with Gasteiger partial charge in [-0.2, -0.15) is 5.10 Å². The highest BCUT2D eigenvalue weighted by Gasteiger charge is 2.30. The Labute approximate surface area is 199 Å². The lowest BCUT2D eigenvalue weighted by Gasteiger charge is -2.42. The standard InChI is InChI=1S/C24H32N8O2/c1-16(2)32-22(26-15-27-32)19-14-30-10-11-34-20-13-25-18(12-17(20)21(30)28-19)23(33)29-6-8-31(9-7-29)24(3,4)5/h12-16H,6-11H2,1-5H3. The number of amides is 1. The Hall–Kier alpha value is -3.27. The molecule has 180 valence electrons. The van der Waals surface area contributed by atoms with Crippen molar-refractivity contribution in [3.8, 4) is 28.7 Å². The summed E-state index contributed by atoms with van der Waals surface area (Å²) in [7, 11) is 0. The summed E-state index contributed by atoms with van der Waals surface area (Å²) in [6, 6.07) is 1.98. The molecule has 34 heavy (non-hydrogen) atoms. The second-order valence-electron chi connectivity index (χ2n) is 10.1. The van der Waals surface area contributed by atoms with Crippen LogP contribution >= 0.6 is 0 Å². The van der Waals surface area contributed by atoms with Crippen molar-refractivity contribution in [3.63, 3.8) is 0 Å². The number of carbonyl (C=O) groups is 1. The Kier molecular flexibility index (Phi) is 5.63. The fourth-order valence-corrected chi connectivity index (χ4v) is 4.57. The predicted molar refractivity (Wildman–Crippen MR) is 128 cm³/mol. The monoisotopic (exact) mass is 464 g/mol. The lowest BCUT2D eigenvalue weighted by atomic mass is 10.0. The maximum atomic E-state index is 13.3. The summed E-state index contributed by atoms with van der Waals surface area (Å²) in [6.07, 6.45) is 5.18. The van der Waals surface area contributed by atoms with Gasteiger partial charge in [-0.05, 0) is 40.7 Å². The highest BCUT2D eigenvalue weighted by Crippen LogP contribution is 2.34. The summed E-state index contributed by atoms with van der Waals surface area (Å²) in [5.74, 6) is 2.05. The molecular formula is C24H32N8O2. The molecule has 0 spiro atoms. The number of ether oxygens (including phenoxy) is 1. The number of piperazine rings is 1. The first kappa shape index (κ1) is 22.5. The molecule has 2 aliphatic heterocycles. The molecule has 0 aromatic carbocycles. The van der Waals surface area contributed by atoms with Gasteiger partial charge in [-0.15, -0.1) is 0 Å². The third-order valence-electron chi connectivity index (χ3n) is 6.50. The van der Waals surface area contributed by atoms with Gasteiger partial charge in [0.2, 0.25) is 0 Å². The van der Waals surface area contributed by atoms with Crippen molar-refractivity contribution < 1.29 is 9.53 Å². The zero-order valence-electron chi connectivity index (χ0n) is 20.5. The highest BCUT2D eigenvalue weighted by atomic mass is 16.5. The van der Waals surface area contributed by atoms with Gasteiger partial charge in [0, 0.05) is 44.0 Å². The van der Waals surface area contributed by atoms with Gasteiger partial charge in [0.1, 0.15) is 35.9 Å². The van der Waals surface area contributed by atoms with E-state index >= 15 is 0 Å². The van der Waals surface area contributed by atoms with Crippen LogP contribution in [0.1, 0.15) is 51.1 Å². The molecule has 0 aliphatic carbocycles. The van der Waals surface area contributed by atoms with E-state index in [0.717, 1.165) is 36.0 Å². The summed E-state index contributed by atoms with van der Waals surface area (Å²) in [6.45, 7) is 15.0. The van der Waals surface area contributed by atoms with Crippen molar-refractivity contribution in [2.75, 3.05) is 32.8 Å². The van der Waals surface area contributed by atoms with E-state index in [1.165, 1.54) is 0 Å². The molecule has 1 saturated heterocycles. The Morgan fingerprint density at radius 2 is 1.82 bits per heavy atom. The number of hydrogen-bond donors (Lipinski definition) is 0. The minimum atomic E-state index is -0.0570. The molecule has 10 heteroatoms. The van der Waals surface area contributed by atoms with Gasteiger partial charge in [-0.3, -0.25) is 9.69 Å². The summed E-state index contributed by atoms with van der Waals surface area (Å²) < 4.78 is 9.84. The van der Waals surface area contributed by atoms with Crippen LogP contribution in [0.4, 0.5) is 0 Å². The number of rotatable bonds is 3. The van der Waals surface area contributed by atoms with Crippen LogP contribution in [-0.2, 0) is 6.54 Å². The molecule has 0 saturated carbocycles. The summed E-state index contributed by atoms with van der Waals surface area (Å²) >= 11 is 0. The minimum Gasteiger partial charge on any atom is -0.489 e. The number of hydrogen-bond acceptors (Lipinski definition) is 7. The number of carbonyl (C=O) groups excluding carboxylic acids is 1. The first-order valence-electron chi connectivity index (χ1n) is 11.9. The Bertz CT molecular complexity index is 1200. The third kappa shape index (κ3) is 4.06. The number of pyridine rings is 1. The molecule has 10 nitrogen and oxygen atoms in total. The normalized spacial score (nSPS) is 16.7. The van der Waals surface area contributed by atoms with Gasteiger partial charge < -0.3 is 14.2 Å². The van der Waals surface area contributed by atoms with E-state index in [4.69, 9.17) is 9.72 Å². The van der Waals surface area contributed by atoms with Gasteiger partial charge in [0.15, 0.2) is 5.82 Å². The lowest BCUT2D eigenvalue weighted by Crippen LogP contribution is -2.54. The van der Waals surface area contributed by atoms with Gasteiger partial charge >= 0.3 is 0 Å². The summed E-state index contributed by atoms with van der Waals surface area (Å²) in [4.78, 5) is 31.4. The van der Waals surface area contributed by atoms with E-state index in [9.17, 15) is 4.79 Å². The number of fused-ring (bicyclic) bond motifs is 3. The topological polar surface area (TPSA) is 94.2 Å². The van der Waals surface area contributed by atoms with Crippen molar-refractivity contribution in [3.05, 3.63) is 30.5 Å². The van der Waals surface area contributed by atoms with E-state index in [-0.39, 0.29) is 17.5 Å². The van der Waals surface area contributed by atoms with Crippen molar-refractivity contribution in [2.24, 2.45) is 0 Å². The quantitative estimate of drug-likeness (QED) is 0.588. The Morgan fingerprint density at radius 1 is 1.06 bits per heavy atom. The first-order valence-corrected chi connectivity index (χ1v) is 11.9. The van der Waals surface area contributed by atoms with Gasteiger partial charge in [-0.1, -0.05) is 0 Å².